The van der Waals surface area contributed by atoms with Gasteiger partial charge in [-0.15, -0.1) is 0 Å². The topological polar surface area (TPSA) is 59.0 Å². The Labute approximate surface area is 103 Å². The number of benzene rings is 1. The van der Waals surface area contributed by atoms with Crippen LogP contribution >= 0.6 is 0 Å². The van der Waals surface area contributed by atoms with Crippen LogP contribution in [0.25, 0.3) is 0 Å². The molecule has 1 aromatic carbocycles. The van der Waals surface area contributed by atoms with Gasteiger partial charge in [0.15, 0.2) is 0 Å². The van der Waals surface area contributed by atoms with Crippen molar-refractivity contribution in [3.63, 3.8) is 0 Å². The molecule has 0 aliphatic carbocycles. The lowest BCUT2D eigenvalue weighted by Crippen LogP contribution is -2.08. The Balaban J connectivity index is 2.60. The minimum atomic E-state index is 0.327. The number of nitrogens with zero attached hydrogens (tertiary/aromatic N) is 1. The molecule has 0 fully saturated rings. The van der Waals surface area contributed by atoms with Gasteiger partial charge in [-0.25, -0.2) is 0 Å². The zero-order chi connectivity index (χ0) is 12.7. The quantitative estimate of drug-likeness (QED) is 0.766. The van der Waals surface area contributed by atoms with Crippen LogP contribution in [0.1, 0.15) is 32.3 Å². The standard InChI is InChI=1S/C14H20N2O/c1-3-4-11(2)10-17-13-5-6-14(16)12(9-13)7-8-15/h5-6,9,11H,3-4,7,10,16H2,1-2H3. The van der Waals surface area contributed by atoms with Crippen LogP contribution in [-0.4, -0.2) is 6.61 Å². The Bertz CT molecular complexity index is 396. The first kappa shape index (κ1) is 13.4. The van der Waals surface area contributed by atoms with Crippen LogP contribution in [0.15, 0.2) is 18.2 Å². The molecule has 1 atom stereocenters. The number of hydrogen-bond acceptors (Lipinski definition) is 3. The maximum Gasteiger partial charge on any atom is 0.119 e. The van der Waals surface area contributed by atoms with E-state index in [9.17, 15) is 0 Å². The molecule has 0 spiro atoms. The first-order valence-corrected chi connectivity index (χ1v) is 6.05. The number of hydrogen-bond donors (Lipinski definition) is 1. The molecule has 3 nitrogen and oxygen atoms in total. The summed E-state index contributed by atoms with van der Waals surface area (Å²) in [6, 6.07) is 7.61. The van der Waals surface area contributed by atoms with Gasteiger partial charge in [0.05, 0.1) is 19.1 Å². The molecule has 0 saturated carbocycles. The van der Waals surface area contributed by atoms with Gasteiger partial charge in [-0.1, -0.05) is 20.3 Å². The van der Waals surface area contributed by atoms with E-state index in [0.717, 1.165) is 11.3 Å². The predicted octanol–water partition coefficient (Wildman–Crippen LogP) is 3.15. The van der Waals surface area contributed by atoms with Crippen molar-refractivity contribution >= 4 is 5.69 Å². The van der Waals surface area contributed by atoms with E-state index >= 15 is 0 Å². The van der Waals surface area contributed by atoms with Gasteiger partial charge in [0, 0.05) is 5.69 Å². The van der Waals surface area contributed by atoms with E-state index in [1.165, 1.54) is 12.8 Å². The molecule has 0 bridgehead atoms. The first-order chi connectivity index (χ1) is 8.17. The van der Waals surface area contributed by atoms with Gasteiger partial charge >= 0.3 is 0 Å². The third kappa shape index (κ3) is 4.36. The van der Waals surface area contributed by atoms with Crippen molar-refractivity contribution in [1.29, 1.82) is 5.26 Å². The predicted molar refractivity (Wildman–Crippen MR) is 69.7 cm³/mol. The molecule has 0 aliphatic heterocycles. The highest BCUT2D eigenvalue weighted by molar-refractivity contribution is 5.51. The average Bonchev–Trinajstić information content (AvgIpc) is 2.31. The van der Waals surface area contributed by atoms with Crippen LogP contribution in [0.2, 0.25) is 0 Å². The smallest absolute Gasteiger partial charge is 0.119 e. The van der Waals surface area contributed by atoms with Crippen molar-refractivity contribution in [3.8, 4) is 11.8 Å². The van der Waals surface area contributed by atoms with E-state index in [1.54, 1.807) is 6.07 Å². The van der Waals surface area contributed by atoms with E-state index in [-0.39, 0.29) is 0 Å². The molecule has 0 amide bonds. The second kappa shape index (κ2) is 6.80. The summed E-state index contributed by atoms with van der Waals surface area (Å²) < 4.78 is 5.70. The number of anilines is 1. The second-order valence-electron chi connectivity index (χ2n) is 4.40. The minimum absolute atomic E-state index is 0.327. The van der Waals surface area contributed by atoms with Crippen LogP contribution < -0.4 is 10.5 Å². The number of nitrogen functional groups attached to an aromatic ring is 1. The third-order valence-electron chi connectivity index (χ3n) is 2.70. The first-order valence-electron chi connectivity index (χ1n) is 6.05. The Morgan fingerprint density at radius 1 is 1.47 bits per heavy atom. The number of ether oxygens (including phenoxy) is 1. The van der Waals surface area contributed by atoms with Crippen LogP contribution in [-0.2, 0) is 6.42 Å². The molecular weight excluding hydrogens is 212 g/mol. The van der Waals surface area contributed by atoms with Gasteiger partial charge in [-0.05, 0) is 36.1 Å². The highest BCUT2D eigenvalue weighted by atomic mass is 16.5. The van der Waals surface area contributed by atoms with Crippen molar-refractivity contribution < 1.29 is 4.74 Å². The summed E-state index contributed by atoms with van der Waals surface area (Å²) in [6.07, 6.45) is 2.67. The van der Waals surface area contributed by atoms with E-state index in [2.05, 4.69) is 19.9 Å². The Morgan fingerprint density at radius 3 is 2.88 bits per heavy atom. The molecule has 92 valence electrons. The van der Waals surface area contributed by atoms with Gasteiger partial charge in [0.2, 0.25) is 0 Å². The van der Waals surface area contributed by atoms with Crippen molar-refractivity contribution in [2.45, 2.75) is 33.1 Å². The SMILES string of the molecule is CCCC(C)COc1ccc(N)c(CC#N)c1. The minimum Gasteiger partial charge on any atom is -0.493 e. The molecule has 0 aliphatic rings. The summed E-state index contributed by atoms with van der Waals surface area (Å²) in [4.78, 5) is 0. The lowest BCUT2D eigenvalue weighted by atomic mass is 10.1. The average molecular weight is 232 g/mol. The number of rotatable bonds is 6. The Hall–Kier alpha value is -1.69. The second-order valence-corrected chi connectivity index (χ2v) is 4.40. The maximum atomic E-state index is 8.68. The third-order valence-corrected chi connectivity index (χ3v) is 2.70. The van der Waals surface area contributed by atoms with E-state index in [4.69, 9.17) is 15.7 Å². The van der Waals surface area contributed by atoms with Crippen molar-refractivity contribution in [3.05, 3.63) is 23.8 Å². The Kier molecular flexibility index (Phi) is 5.35. The fourth-order valence-electron chi connectivity index (χ4n) is 1.72. The zero-order valence-electron chi connectivity index (χ0n) is 10.6. The molecule has 0 aromatic heterocycles. The van der Waals surface area contributed by atoms with Gasteiger partial charge in [0.1, 0.15) is 5.75 Å². The monoisotopic (exact) mass is 232 g/mol. The maximum absolute atomic E-state index is 8.68. The lowest BCUT2D eigenvalue weighted by Gasteiger charge is -2.13. The molecule has 1 aromatic rings. The summed E-state index contributed by atoms with van der Waals surface area (Å²) in [5.41, 5.74) is 7.27. The van der Waals surface area contributed by atoms with Gasteiger partial charge in [-0.2, -0.15) is 5.26 Å². The Morgan fingerprint density at radius 2 is 2.24 bits per heavy atom. The molecule has 3 heteroatoms. The lowest BCUT2D eigenvalue weighted by molar-refractivity contribution is 0.251. The molecule has 0 heterocycles. The molecule has 1 rings (SSSR count). The molecule has 0 radical (unpaired) electrons. The number of nitriles is 1. The summed E-state index contributed by atoms with van der Waals surface area (Å²) in [7, 11) is 0. The molecule has 1 unspecified atom stereocenters. The van der Waals surface area contributed by atoms with Crippen LogP contribution in [0.5, 0.6) is 5.75 Å². The van der Waals surface area contributed by atoms with Gasteiger partial charge < -0.3 is 10.5 Å². The fraction of sp³-hybridized carbons (Fsp3) is 0.500. The molecular formula is C14H20N2O. The largest absolute Gasteiger partial charge is 0.493 e. The van der Waals surface area contributed by atoms with E-state index in [1.807, 2.05) is 12.1 Å². The summed E-state index contributed by atoms with van der Waals surface area (Å²) >= 11 is 0. The summed E-state index contributed by atoms with van der Waals surface area (Å²) in [5, 5.41) is 8.68. The zero-order valence-corrected chi connectivity index (χ0v) is 10.6. The van der Waals surface area contributed by atoms with E-state index < -0.39 is 0 Å². The molecule has 2 N–H and O–H groups in total. The number of nitrogens with two attached hydrogens (primary N) is 1. The van der Waals surface area contributed by atoms with Gasteiger partial charge in [-0.3, -0.25) is 0 Å². The molecule has 0 saturated heterocycles. The molecule has 17 heavy (non-hydrogen) atoms. The van der Waals surface area contributed by atoms with Crippen molar-refractivity contribution in [1.82, 2.24) is 0 Å². The van der Waals surface area contributed by atoms with Crippen molar-refractivity contribution in [2.24, 2.45) is 5.92 Å². The fourth-order valence-corrected chi connectivity index (χ4v) is 1.72. The van der Waals surface area contributed by atoms with Gasteiger partial charge in [0.25, 0.3) is 0 Å². The summed E-state index contributed by atoms with van der Waals surface area (Å²) in [6.45, 7) is 5.06. The highest BCUT2D eigenvalue weighted by Crippen LogP contribution is 2.21. The van der Waals surface area contributed by atoms with E-state index in [0.29, 0.717) is 24.6 Å². The highest BCUT2D eigenvalue weighted by Gasteiger charge is 2.04. The summed E-state index contributed by atoms with van der Waals surface area (Å²) in [5.74, 6) is 1.35. The van der Waals surface area contributed by atoms with Crippen LogP contribution in [0.4, 0.5) is 5.69 Å². The van der Waals surface area contributed by atoms with Crippen LogP contribution in [0, 0.1) is 17.2 Å². The van der Waals surface area contributed by atoms with Crippen LogP contribution in [0.3, 0.4) is 0 Å². The van der Waals surface area contributed by atoms with Crippen molar-refractivity contribution in [2.75, 3.05) is 12.3 Å². The normalized spacial score (nSPS) is 11.8.